The zero-order valence-corrected chi connectivity index (χ0v) is 14.6. The first-order valence-corrected chi connectivity index (χ1v) is 7.58. The number of ether oxygens (including phenoxy) is 1. The molecule has 21 heavy (non-hydrogen) atoms. The summed E-state index contributed by atoms with van der Waals surface area (Å²) in [5.74, 6) is -0.124. The molecule has 110 valence electrons. The van der Waals surface area contributed by atoms with Crippen LogP contribution in [-0.2, 0) is 0 Å². The monoisotopic (exact) mass is 434 g/mol. The Labute approximate surface area is 142 Å². The van der Waals surface area contributed by atoms with Crippen molar-refractivity contribution in [3.63, 3.8) is 0 Å². The number of halogens is 3. The Balaban J connectivity index is 2.40. The molecule has 1 heterocycles. The Morgan fingerprint density at radius 3 is 2.62 bits per heavy atom. The summed E-state index contributed by atoms with van der Waals surface area (Å²) in [5.41, 5.74) is 0.721. The number of anilines is 2. The van der Waals surface area contributed by atoms with Gasteiger partial charge in [-0.3, -0.25) is 0 Å². The molecule has 0 aliphatic rings. The Morgan fingerprint density at radius 1 is 1.29 bits per heavy atom. The molecule has 2 rings (SSSR count). The maximum Gasteiger partial charge on any atom is 0.335 e. The van der Waals surface area contributed by atoms with Crippen LogP contribution in [0.25, 0.3) is 0 Å². The minimum atomic E-state index is -1.07. The number of nitrogens with zero attached hydrogens (tertiary/aromatic N) is 1. The van der Waals surface area contributed by atoms with Crippen LogP contribution in [-0.4, -0.2) is 23.2 Å². The van der Waals surface area contributed by atoms with E-state index in [2.05, 4.69) is 42.2 Å². The van der Waals surface area contributed by atoms with Crippen molar-refractivity contribution in [3.05, 3.63) is 43.9 Å². The molecular formula is C13H9Br2ClN2O3. The number of carbonyl (C=O) groups is 1. The fraction of sp³-hybridized carbons (Fsp3) is 0.0769. The number of aromatic nitrogens is 1. The second-order valence-corrected chi connectivity index (χ2v) is 6.06. The third kappa shape index (κ3) is 3.87. The second-order valence-electron chi connectivity index (χ2n) is 3.96. The zero-order valence-electron chi connectivity index (χ0n) is 10.7. The molecule has 8 heteroatoms. The molecule has 2 aromatic rings. The normalized spacial score (nSPS) is 10.3. The van der Waals surface area contributed by atoms with E-state index in [1.165, 1.54) is 12.1 Å². The molecule has 1 aromatic carbocycles. The topological polar surface area (TPSA) is 71.5 Å². The predicted molar refractivity (Wildman–Crippen MR) is 87.9 cm³/mol. The van der Waals surface area contributed by atoms with E-state index in [4.69, 9.17) is 21.4 Å². The Bertz CT molecular complexity index is 710. The first kappa shape index (κ1) is 16.1. The quantitative estimate of drug-likeness (QED) is 0.680. The van der Waals surface area contributed by atoms with E-state index in [9.17, 15) is 4.79 Å². The number of hydrogen-bond acceptors (Lipinski definition) is 4. The van der Waals surface area contributed by atoms with Gasteiger partial charge < -0.3 is 15.2 Å². The summed E-state index contributed by atoms with van der Waals surface area (Å²) >= 11 is 12.6. The molecule has 0 fully saturated rings. The lowest BCUT2D eigenvalue weighted by atomic mass is 10.2. The third-order valence-electron chi connectivity index (χ3n) is 2.55. The first-order chi connectivity index (χ1) is 9.90. The van der Waals surface area contributed by atoms with Gasteiger partial charge in [0.2, 0.25) is 0 Å². The first-order valence-electron chi connectivity index (χ1n) is 5.61. The molecule has 0 aliphatic carbocycles. The van der Waals surface area contributed by atoms with E-state index in [0.717, 1.165) is 8.95 Å². The van der Waals surface area contributed by atoms with E-state index in [1.54, 1.807) is 13.2 Å². The molecular weight excluding hydrogens is 427 g/mol. The standard InChI is InChI=1S/C13H9Br2ClN2O3/c1-21-10-5-9(7(14)4-8(10)15)17-12-3-6(13(19)20)2-11(16)18-12/h2-5H,1H3,(H,17,18)(H,19,20). The Hall–Kier alpha value is -1.31. The molecule has 0 amide bonds. The molecule has 0 unspecified atom stereocenters. The van der Waals surface area contributed by atoms with Crippen LogP contribution < -0.4 is 10.1 Å². The van der Waals surface area contributed by atoms with Crippen molar-refractivity contribution >= 4 is 60.9 Å². The number of nitrogens with one attached hydrogen (secondary N) is 1. The summed E-state index contributed by atoms with van der Waals surface area (Å²) in [7, 11) is 1.55. The predicted octanol–water partition coefficient (Wildman–Crippen LogP) is 4.71. The van der Waals surface area contributed by atoms with Crippen LogP contribution in [0.3, 0.4) is 0 Å². The lowest BCUT2D eigenvalue weighted by molar-refractivity contribution is 0.0697. The minimum absolute atomic E-state index is 0.0534. The Kier molecular flexibility index (Phi) is 5.08. The highest BCUT2D eigenvalue weighted by Gasteiger charge is 2.11. The van der Waals surface area contributed by atoms with Crippen LogP contribution in [0.2, 0.25) is 5.15 Å². The smallest absolute Gasteiger partial charge is 0.335 e. The van der Waals surface area contributed by atoms with Gasteiger partial charge in [0.25, 0.3) is 0 Å². The number of hydrogen-bond donors (Lipinski definition) is 2. The number of pyridine rings is 1. The summed E-state index contributed by atoms with van der Waals surface area (Å²) in [6.45, 7) is 0. The summed E-state index contributed by atoms with van der Waals surface area (Å²) < 4.78 is 6.76. The van der Waals surface area contributed by atoms with Crippen molar-refractivity contribution in [1.29, 1.82) is 0 Å². The number of benzene rings is 1. The molecule has 0 saturated heterocycles. The molecule has 5 nitrogen and oxygen atoms in total. The SMILES string of the molecule is COc1cc(Nc2cc(C(=O)O)cc(Cl)n2)c(Br)cc1Br. The van der Waals surface area contributed by atoms with Crippen molar-refractivity contribution in [2.45, 2.75) is 0 Å². The fourth-order valence-corrected chi connectivity index (χ4v) is 3.07. The van der Waals surface area contributed by atoms with Crippen LogP contribution in [0.4, 0.5) is 11.5 Å². The molecule has 0 saturated carbocycles. The average Bonchev–Trinajstić information content (AvgIpc) is 2.41. The van der Waals surface area contributed by atoms with Crippen molar-refractivity contribution in [3.8, 4) is 5.75 Å². The van der Waals surface area contributed by atoms with Crippen LogP contribution >= 0.6 is 43.5 Å². The van der Waals surface area contributed by atoms with Gasteiger partial charge in [-0.1, -0.05) is 11.6 Å². The lowest BCUT2D eigenvalue weighted by Crippen LogP contribution is -2.01. The lowest BCUT2D eigenvalue weighted by Gasteiger charge is -2.12. The summed E-state index contributed by atoms with van der Waals surface area (Å²) in [6, 6.07) is 6.24. The van der Waals surface area contributed by atoms with E-state index in [0.29, 0.717) is 17.3 Å². The molecule has 2 N–H and O–H groups in total. The van der Waals surface area contributed by atoms with Gasteiger partial charge in [-0.2, -0.15) is 0 Å². The number of aromatic carboxylic acids is 1. The highest BCUT2D eigenvalue weighted by atomic mass is 79.9. The molecule has 0 atom stereocenters. The maximum atomic E-state index is 11.0. The van der Waals surface area contributed by atoms with Gasteiger partial charge in [0, 0.05) is 10.5 Å². The molecule has 0 aliphatic heterocycles. The number of methoxy groups -OCH3 is 1. The van der Waals surface area contributed by atoms with Crippen LogP contribution in [0, 0.1) is 0 Å². The maximum absolute atomic E-state index is 11.0. The van der Waals surface area contributed by atoms with Crippen molar-refractivity contribution < 1.29 is 14.6 Å². The molecule has 0 bridgehead atoms. The summed E-state index contributed by atoms with van der Waals surface area (Å²) in [4.78, 5) is 15.1. The minimum Gasteiger partial charge on any atom is -0.495 e. The van der Waals surface area contributed by atoms with Gasteiger partial charge in [0.15, 0.2) is 0 Å². The van der Waals surface area contributed by atoms with Crippen LogP contribution in [0.5, 0.6) is 5.75 Å². The number of carboxylic acids is 1. The largest absolute Gasteiger partial charge is 0.495 e. The van der Waals surface area contributed by atoms with Gasteiger partial charge in [-0.05, 0) is 50.1 Å². The zero-order chi connectivity index (χ0) is 15.6. The van der Waals surface area contributed by atoms with E-state index < -0.39 is 5.97 Å². The summed E-state index contributed by atoms with van der Waals surface area (Å²) in [5, 5.41) is 12.1. The number of rotatable bonds is 4. The van der Waals surface area contributed by atoms with Crippen molar-refractivity contribution in [2.75, 3.05) is 12.4 Å². The van der Waals surface area contributed by atoms with Crippen LogP contribution in [0.15, 0.2) is 33.2 Å². The van der Waals surface area contributed by atoms with Gasteiger partial charge >= 0.3 is 5.97 Å². The highest BCUT2D eigenvalue weighted by molar-refractivity contribution is 9.11. The van der Waals surface area contributed by atoms with E-state index in [-0.39, 0.29) is 10.7 Å². The number of carboxylic acid groups (broad SMARTS) is 1. The van der Waals surface area contributed by atoms with Gasteiger partial charge in [0.1, 0.15) is 16.7 Å². The van der Waals surface area contributed by atoms with Crippen molar-refractivity contribution in [2.24, 2.45) is 0 Å². The molecule has 1 aromatic heterocycles. The molecule has 0 radical (unpaired) electrons. The van der Waals surface area contributed by atoms with Crippen LogP contribution in [0.1, 0.15) is 10.4 Å². The van der Waals surface area contributed by atoms with Gasteiger partial charge in [0.05, 0.1) is 22.8 Å². The van der Waals surface area contributed by atoms with E-state index >= 15 is 0 Å². The average molecular weight is 436 g/mol. The molecule has 0 spiro atoms. The third-order valence-corrected chi connectivity index (χ3v) is 4.01. The summed E-state index contributed by atoms with van der Waals surface area (Å²) in [6.07, 6.45) is 0. The fourth-order valence-electron chi connectivity index (χ4n) is 1.60. The second kappa shape index (κ2) is 6.64. The van der Waals surface area contributed by atoms with E-state index in [1.807, 2.05) is 6.07 Å². The van der Waals surface area contributed by atoms with Gasteiger partial charge in [-0.25, -0.2) is 9.78 Å². The Morgan fingerprint density at radius 2 is 2.00 bits per heavy atom. The van der Waals surface area contributed by atoms with Crippen molar-refractivity contribution in [1.82, 2.24) is 4.98 Å². The van der Waals surface area contributed by atoms with Gasteiger partial charge in [-0.15, -0.1) is 0 Å². The highest BCUT2D eigenvalue weighted by Crippen LogP contribution is 2.35.